The Labute approximate surface area is 116 Å². The summed E-state index contributed by atoms with van der Waals surface area (Å²) in [5.74, 6) is 0. The van der Waals surface area contributed by atoms with Crippen molar-refractivity contribution in [2.75, 3.05) is 5.73 Å². The third-order valence-electron chi connectivity index (χ3n) is 2.46. The van der Waals surface area contributed by atoms with Crippen LogP contribution < -0.4 is 5.73 Å². The lowest BCUT2D eigenvalue weighted by Gasteiger charge is -1.90. The minimum Gasteiger partial charge on any atom is -0.391 e. The monoisotopic (exact) mass is 291 g/mol. The molecule has 0 bridgehead atoms. The van der Waals surface area contributed by atoms with Gasteiger partial charge in [-0.1, -0.05) is 0 Å². The molecule has 3 aromatic heterocycles. The maximum absolute atomic E-state index is 10.7. The second-order valence-corrected chi connectivity index (χ2v) is 7.00. The average molecular weight is 291 g/mol. The summed E-state index contributed by atoms with van der Waals surface area (Å²) in [4.78, 5) is 16.2. The molecular formula is C13H9NOS3. The first kappa shape index (κ1) is 11.6. The third kappa shape index (κ3) is 2.12. The molecule has 5 heteroatoms. The molecule has 0 spiro atoms. The smallest absolute Gasteiger partial charge is 0.160 e. The topological polar surface area (TPSA) is 43.1 Å². The van der Waals surface area contributed by atoms with Gasteiger partial charge in [0.15, 0.2) is 6.29 Å². The molecule has 0 aliphatic heterocycles. The molecule has 3 heterocycles. The van der Waals surface area contributed by atoms with E-state index >= 15 is 0 Å². The Kier molecular flexibility index (Phi) is 3.03. The molecule has 0 saturated heterocycles. The van der Waals surface area contributed by atoms with Gasteiger partial charge in [0.2, 0.25) is 0 Å². The zero-order chi connectivity index (χ0) is 12.5. The van der Waals surface area contributed by atoms with Crippen LogP contribution in [0.5, 0.6) is 0 Å². The second kappa shape index (κ2) is 4.68. The van der Waals surface area contributed by atoms with E-state index in [1.54, 1.807) is 22.7 Å². The van der Waals surface area contributed by atoms with Crippen molar-refractivity contribution in [2.45, 2.75) is 0 Å². The molecule has 18 heavy (non-hydrogen) atoms. The quantitative estimate of drug-likeness (QED) is 0.717. The van der Waals surface area contributed by atoms with Gasteiger partial charge in [-0.15, -0.1) is 34.0 Å². The lowest BCUT2D eigenvalue weighted by atomic mass is 10.3. The number of hydrogen-bond donors (Lipinski definition) is 1. The highest BCUT2D eigenvalue weighted by Gasteiger charge is 2.08. The number of nitrogen functional groups attached to an aromatic ring is 1. The van der Waals surface area contributed by atoms with E-state index in [-0.39, 0.29) is 0 Å². The molecule has 3 aromatic rings. The van der Waals surface area contributed by atoms with Gasteiger partial charge in [-0.25, -0.2) is 0 Å². The molecule has 0 saturated carbocycles. The maximum Gasteiger partial charge on any atom is 0.160 e. The van der Waals surface area contributed by atoms with Crippen LogP contribution in [0.4, 0.5) is 5.00 Å². The number of hydrogen-bond acceptors (Lipinski definition) is 5. The van der Waals surface area contributed by atoms with E-state index in [1.807, 2.05) is 24.3 Å². The van der Waals surface area contributed by atoms with Crippen LogP contribution in [0.15, 0.2) is 36.4 Å². The third-order valence-corrected chi connectivity index (χ3v) is 5.86. The molecule has 0 amide bonds. The van der Waals surface area contributed by atoms with Crippen LogP contribution in [0.2, 0.25) is 0 Å². The zero-order valence-electron chi connectivity index (χ0n) is 9.25. The molecule has 0 fully saturated rings. The maximum atomic E-state index is 10.7. The number of aldehydes is 1. The highest BCUT2D eigenvalue weighted by molar-refractivity contribution is 7.27. The van der Waals surface area contributed by atoms with Gasteiger partial charge >= 0.3 is 0 Å². The molecule has 0 radical (unpaired) electrons. The van der Waals surface area contributed by atoms with Crippen molar-refractivity contribution in [3.63, 3.8) is 0 Å². The second-order valence-electron chi connectivity index (χ2n) is 3.69. The number of carbonyl (C=O) groups is 1. The highest BCUT2D eigenvalue weighted by Crippen LogP contribution is 2.40. The largest absolute Gasteiger partial charge is 0.391 e. The van der Waals surface area contributed by atoms with Gasteiger partial charge in [0.05, 0.1) is 9.88 Å². The Morgan fingerprint density at radius 3 is 1.89 bits per heavy atom. The highest BCUT2D eigenvalue weighted by atomic mass is 32.1. The Hall–Kier alpha value is -1.43. The van der Waals surface area contributed by atoms with Crippen molar-refractivity contribution in [3.8, 4) is 19.5 Å². The Bertz CT molecular complexity index is 692. The minimum atomic E-state index is 0.764. The molecule has 2 nitrogen and oxygen atoms in total. The van der Waals surface area contributed by atoms with Gasteiger partial charge in [-0.05, 0) is 36.4 Å². The fourth-order valence-corrected chi connectivity index (χ4v) is 4.42. The van der Waals surface area contributed by atoms with E-state index in [0.29, 0.717) is 0 Å². The summed E-state index contributed by atoms with van der Waals surface area (Å²) in [6.07, 6.45) is 0.892. The number of nitrogens with two attached hydrogens (primary N) is 1. The molecular weight excluding hydrogens is 282 g/mol. The summed E-state index contributed by atoms with van der Waals surface area (Å²) < 4.78 is 0. The Morgan fingerprint density at radius 1 is 0.778 bits per heavy atom. The van der Waals surface area contributed by atoms with Crippen molar-refractivity contribution in [1.29, 1.82) is 0 Å². The van der Waals surface area contributed by atoms with Gasteiger partial charge in [-0.2, -0.15) is 0 Å². The van der Waals surface area contributed by atoms with Crippen LogP contribution in [0.25, 0.3) is 19.5 Å². The van der Waals surface area contributed by atoms with Crippen LogP contribution >= 0.6 is 34.0 Å². The Balaban J connectivity index is 1.96. The van der Waals surface area contributed by atoms with Gasteiger partial charge in [0.25, 0.3) is 0 Å². The van der Waals surface area contributed by atoms with Crippen molar-refractivity contribution in [2.24, 2.45) is 0 Å². The van der Waals surface area contributed by atoms with E-state index in [0.717, 1.165) is 21.0 Å². The SMILES string of the molecule is Nc1ccc(-c2ccc(-c3ccc(C=O)s3)s2)s1. The molecule has 2 N–H and O–H groups in total. The van der Waals surface area contributed by atoms with Crippen LogP contribution in [-0.2, 0) is 0 Å². The predicted molar refractivity (Wildman–Crippen MR) is 80.7 cm³/mol. The van der Waals surface area contributed by atoms with Crippen LogP contribution in [0.3, 0.4) is 0 Å². The van der Waals surface area contributed by atoms with Crippen molar-refractivity contribution in [3.05, 3.63) is 41.3 Å². The standard InChI is InChI=1S/C13H9NOS3/c14-13-6-5-12(18-13)11-4-3-10(17-11)9-2-1-8(7-15)16-9/h1-7H,14H2. The van der Waals surface area contributed by atoms with Gasteiger partial charge < -0.3 is 5.73 Å². The number of thiophene rings is 3. The summed E-state index contributed by atoms with van der Waals surface area (Å²) in [5, 5.41) is 0.833. The molecule has 0 aliphatic rings. The van der Waals surface area contributed by atoms with E-state index < -0.39 is 0 Å². The summed E-state index contributed by atoms with van der Waals surface area (Å²) in [6, 6.07) is 12.0. The van der Waals surface area contributed by atoms with Crippen molar-refractivity contribution in [1.82, 2.24) is 0 Å². The molecule has 0 aromatic carbocycles. The molecule has 0 atom stereocenters. The lowest BCUT2D eigenvalue weighted by Crippen LogP contribution is -1.72. The molecule has 3 rings (SSSR count). The summed E-state index contributed by atoms with van der Waals surface area (Å²) >= 11 is 4.84. The van der Waals surface area contributed by atoms with Crippen LogP contribution in [0.1, 0.15) is 9.67 Å². The summed E-state index contributed by atoms with van der Waals surface area (Å²) in [7, 11) is 0. The van der Waals surface area contributed by atoms with Crippen molar-refractivity contribution >= 4 is 45.3 Å². The fourth-order valence-electron chi connectivity index (χ4n) is 1.64. The summed E-state index contributed by atoms with van der Waals surface area (Å²) in [5.41, 5.74) is 5.74. The predicted octanol–water partition coefficient (Wildman–Crippen LogP) is 4.60. The van der Waals surface area contributed by atoms with Gasteiger partial charge in [0, 0.05) is 19.5 Å². The molecule has 0 unspecified atom stereocenters. The first-order valence-corrected chi connectivity index (χ1v) is 7.72. The van der Waals surface area contributed by atoms with Gasteiger partial charge in [-0.3, -0.25) is 4.79 Å². The number of anilines is 1. The van der Waals surface area contributed by atoms with E-state index in [4.69, 9.17) is 5.73 Å². The first-order valence-electron chi connectivity index (χ1n) is 5.27. The van der Waals surface area contributed by atoms with E-state index in [1.165, 1.54) is 26.0 Å². The Morgan fingerprint density at radius 2 is 1.33 bits per heavy atom. The first-order chi connectivity index (χ1) is 8.76. The average Bonchev–Trinajstić information content (AvgIpc) is 3.07. The van der Waals surface area contributed by atoms with Crippen LogP contribution in [0, 0.1) is 0 Å². The number of rotatable bonds is 3. The normalized spacial score (nSPS) is 10.7. The van der Waals surface area contributed by atoms with Crippen molar-refractivity contribution < 1.29 is 4.79 Å². The van der Waals surface area contributed by atoms with Crippen LogP contribution in [-0.4, -0.2) is 6.29 Å². The molecule has 0 aliphatic carbocycles. The lowest BCUT2D eigenvalue weighted by molar-refractivity contribution is 0.112. The molecule has 90 valence electrons. The van der Waals surface area contributed by atoms with E-state index in [2.05, 4.69) is 12.1 Å². The zero-order valence-corrected chi connectivity index (χ0v) is 11.7. The summed E-state index contributed by atoms with van der Waals surface area (Å²) in [6.45, 7) is 0. The number of carbonyl (C=O) groups excluding carboxylic acids is 1. The van der Waals surface area contributed by atoms with Gasteiger partial charge in [0.1, 0.15) is 0 Å². The minimum absolute atomic E-state index is 0.764. The van der Waals surface area contributed by atoms with E-state index in [9.17, 15) is 4.79 Å². The fraction of sp³-hybridized carbons (Fsp3) is 0.